The number of hydrogen-bond donors (Lipinski definition) is 2. The Balaban J connectivity index is 1.82. The van der Waals surface area contributed by atoms with E-state index < -0.39 is 0 Å². The summed E-state index contributed by atoms with van der Waals surface area (Å²) in [4.78, 5) is 6.52. The lowest BCUT2D eigenvalue weighted by Gasteiger charge is -2.28. The summed E-state index contributed by atoms with van der Waals surface area (Å²) in [5, 5.41) is 22.8. The zero-order chi connectivity index (χ0) is 14.7. The van der Waals surface area contributed by atoms with Crippen molar-refractivity contribution in [3.8, 4) is 11.4 Å². The van der Waals surface area contributed by atoms with Gasteiger partial charge < -0.3 is 14.7 Å². The van der Waals surface area contributed by atoms with Crippen molar-refractivity contribution in [2.24, 2.45) is 0 Å². The molecule has 1 fully saturated rings. The first-order valence-electron chi connectivity index (χ1n) is 7.20. The van der Waals surface area contributed by atoms with Gasteiger partial charge in [0, 0.05) is 5.56 Å². The minimum absolute atomic E-state index is 0.0285. The van der Waals surface area contributed by atoms with E-state index in [0.717, 1.165) is 24.9 Å². The molecule has 0 radical (unpaired) electrons. The molecular formula is C15H19N3O3. The van der Waals surface area contributed by atoms with Crippen molar-refractivity contribution < 1.29 is 14.7 Å². The number of rotatable bonds is 5. The summed E-state index contributed by atoms with van der Waals surface area (Å²) in [6.07, 6.45) is 1.89. The topological polar surface area (TPSA) is 82.6 Å². The summed E-state index contributed by atoms with van der Waals surface area (Å²) in [5.41, 5.74) is 0.915. The molecule has 1 saturated heterocycles. The van der Waals surface area contributed by atoms with E-state index in [1.165, 1.54) is 0 Å². The van der Waals surface area contributed by atoms with Gasteiger partial charge in [-0.25, -0.2) is 0 Å². The van der Waals surface area contributed by atoms with Crippen molar-refractivity contribution >= 4 is 0 Å². The lowest BCUT2D eigenvalue weighted by molar-refractivity contribution is 0.0560. The Morgan fingerprint density at radius 1 is 1.24 bits per heavy atom. The molecule has 6 nitrogen and oxygen atoms in total. The Morgan fingerprint density at radius 3 is 2.71 bits per heavy atom. The van der Waals surface area contributed by atoms with Crippen LogP contribution in [-0.2, 0) is 0 Å². The monoisotopic (exact) mass is 289 g/mol. The molecule has 0 aliphatic carbocycles. The molecule has 1 aromatic heterocycles. The van der Waals surface area contributed by atoms with Gasteiger partial charge in [-0.1, -0.05) is 35.5 Å². The van der Waals surface area contributed by atoms with E-state index in [1.54, 1.807) is 0 Å². The third kappa shape index (κ3) is 2.83. The number of nitrogens with zero attached hydrogens (tertiary/aromatic N) is 3. The van der Waals surface area contributed by atoms with Gasteiger partial charge in [-0.3, -0.25) is 4.90 Å². The zero-order valence-corrected chi connectivity index (χ0v) is 11.7. The smallest absolute Gasteiger partial charge is 0.244 e. The highest BCUT2D eigenvalue weighted by Gasteiger charge is 2.34. The van der Waals surface area contributed by atoms with Crippen LogP contribution in [0.4, 0.5) is 0 Å². The molecule has 112 valence electrons. The minimum Gasteiger partial charge on any atom is -0.395 e. The number of aliphatic hydroxyl groups is 2. The highest BCUT2D eigenvalue weighted by molar-refractivity contribution is 5.53. The molecule has 21 heavy (non-hydrogen) atoms. The van der Waals surface area contributed by atoms with E-state index in [1.807, 2.05) is 35.2 Å². The molecule has 0 amide bonds. The van der Waals surface area contributed by atoms with Crippen molar-refractivity contribution in [3.05, 3.63) is 36.2 Å². The number of aliphatic hydroxyl groups excluding tert-OH is 2. The van der Waals surface area contributed by atoms with Crippen molar-refractivity contribution in [2.45, 2.75) is 24.9 Å². The third-order valence-electron chi connectivity index (χ3n) is 3.94. The van der Waals surface area contributed by atoms with Crippen molar-refractivity contribution in [2.75, 3.05) is 19.8 Å². The maximum atomic E-state index is 9.37. The van der Waals surface area contributed by atoms with Gasteiger partial charge in [0.1, 0.15) is 0 Å². The third-order valence-corrected chi connectivity index (χ3v) is 3.94. The fourth-order valence-electron chi connectivity index (χ4n) is 2.83. The van der Waals surface area contributed by atoms with Crippen LogP contribution in [0.1, 0.15) is 24.8 Å². The van der Waals surface area contributed by atoms with Crippen LogP contribution in [0.25, 0.3) is 11.4 Å². The fraction of sp³-hybridized carbons (Fsp3) is 0.467. The Labute approximate surface area is 123 Å². The minimum atomic E-state index is -0.274. The molecule has 2 aromatic rings. The number of hydrogen-bond acceptors (Lipinski definition) is 6. The predicted octanol–water partition coefficient (Wildman–Crippen LogP) is 1.23. The highest BCUT2D eigenvalue weighted by atomic mass is 16.5. The summed E-state index contributed by atoms with van der Waals surface area (Å²) in [6, 6.07) is 9.37. The Hall–Kier alpha value is -1.76. The van der Waals surface area contributed by atoms with Gasteiger partial charge in [0.05, 0.1) is 25.3 Å². The standard InChI is InChI=1S/C15H19N3O3/c19-9-12(10-20)18-8-4-7-13(18)15-16-14(17-21-15)11-5-2-1-3-6-11/h1-3,5-6,12-13,19-20H,4,7-10H2/t13-/m1/s1. The fourth-order valence-corrected chi connectivity index (χ4v) is 2.83. The summed E-state index contributed by atoms with van der Waals surface area (Å²) >= 11 is 0. The highest BCUT2D eigenvalue weighted by Crippen LogP contribution is 2.33. The van der Waals surface area contributed by atoms with Crippen LogP contribution in [0.2, 0.25) is 0 Å². The van der Waals surface area contributed by atoms with E-state index >= 15 is 0 Å². The Kier molecular flexibility index (Phi) is 4.28. The molecule has 0 spiro atoms. The van der Waals surface area contributed by atoms with Gasteiger partial charge in [-0.15, -0.1) is 0 Å². The quantitative estimate of drug-likeness (QED) is 0.861. The van der Waals surface area contributed by atoms with Crippen molar-refractivity contribution in [1.82, 2.24) is 15.0 Å². The molecule has 6 heteroatoms. The van der Waals surface area contributed by atoms with Gasteiger partial charge in [0.25, 0.3) is 0 Å². The first kappa shape index (κ1) is 14.2. The van der Waals surface area contributed by atoms with Crippen LogP contribution < -0.4 is 0 Å². The predicted molar refractivity (Wildman–Crippen MR) is 76.4 cm³/mol. The summed E-state index contributed by atoms with van der Waals surface area (Å²) < 4.78 is 5.41. The van der Waals surface area contributed by atoms with Crippen molar-refractivity contribution in [1.29, 1.82) is 0 Å². The van der Waals surface area contributed by atoms with Gasteiger partial charge in [0.15, 0.2) is 0 Å². The van der Waals surface area contributed by atoms with Crippen LogP contribution in [0.5, 0.6) is 0 Å². The van der Waals surface area contributed by atoms with Crippen LogP contribution in [0.3, 0.4) is 0 Å². The van der Waals surface area contributed by atoms with Gasteiger partial charge in [-0.2, -0.15) is 4.98 Å². The molecule has 0 unspecified atom stereocenters. The van der Waals surface area contributed by atoms with Crippen LogP contribution >= 0.6 is 0 Å². The average molecular weight is 289 g/mol. The average Bonchev–Trinajstić information content (AvgIpc) is 3.18. The second-order valence-corrected chi connectivity index (χ2v) is 5.24. The molecule has 1 aliphatic rings. The maximum Gasteiger partial charge on any atom is 0.244 e. The summed E-state index contributed by atoms with van der Waals surface area (Å²) in [5.74, 6) is 1.13. The first-order valence-corrected chi connectivity index (χ1v) is 7.20. The van der Waals surface area contributed by atoms with Gasteiger partial charge >= 0.3 is 0 Å². The second-order valence-electron chi connectivity index (χ2n) is 5.24. The van der Waals surface area contributed by atoms with Crippen LogP contribution in [0.15, 0.2) is 34.9 Å². The molecule has 3 rings (SSSR count). The molecule has 1 atom stereocenters. The van der Waals surface area contributed by atoms with Gasteiger partial charge in [-0.05, 0) is 19.4 Å². The summed E-state index contributed by atoms with van der Waals surface area (Å²) in [7, 11) is 0. The van der Waals surface area contributed by atoms with E-state index in [9.17, 15) is 10.2 Å². The Morgan fingerprint density at radius 2 is 2.00 bits per heavy atom. The van der Waals surface area contributed by atoms with E-state index in [-0.39, 0.29) is 25.3 Å². The first-order chi connectivity index (χ1) is 10.3. The van der Waals surface area contributed by atoms with Crippen molar-refractivity contribution in [3.63, 3.8) is 0 Å². The number of benzene rings is 1. The number of likely N-dealkylation sites (tertiary alicyclic amines) is 1. The van der Waals surface area contributed by atoms with Crippen LogP contribution in [0, 0.1) is 0 Å². The molecule has 0 saturated carbocycles. The molecule has 2 heterocycles. The normalized spacial score (nSPS) is 19.5. The molecular weight excluding hydrogens is 270 g/mol. The largest absolute Gasteiger partial charge is 0.395 e. The van der Waals surface area contributed by atoms with Gasteiger partial charge in [0.2, 0.25) is 11.7 Å². The number of aromatic nitrogens is 2. The van der Waals surface area contributed by atoms with Crippen LogP contribution in [-0.4, -0.2) is 51.1 Å². The molecule has 0 bridgehead atoms. The van der Waals surface area contributed by atoms with E-state index in [4.69, 9.17) is 4.52 Å². The maximum absolute atomic E-state index is 9.37. The molecule has 1 aromatic carbocycles. The second kappa shape index (κ2) is 6.34. The van der Waals surface area contributed by atoms with E-state index in [2.05, 4.69) is 10.1 Å². The molecule has 2 N–H and O–H groups in total. The lowest BCUT2D eigenvalue weighted by atomic mass is 10.2. The zero-order valence-electron chi connectivity index (χ0n) is 11.7. The summed E-state index contributed by atoms with van der Waals surface area (Å²) in [6.45, 7) is 0.666. The van der Waals surface area contributed by atoms with E-state index in [0.29, 0.717) is 11.7 Å². The lowest BCUT2D eigenvalue weighted by Crippen LogP contribution is -2.40. The molecule has 1 aliphatic heterocycles. The SMILES string of the molecule is OCC(CO)N1CCC[C@@H]1c1nc(-c2ccccc2)no1. The Bertz CT molecular complexity index is 569.